The molecule has 0 aliphatic rings. The van der Waals surface area contributed by atoms with Crippen molar-refractivity contribution in [1.29, 1.82) is 0 Å². The van der Waals surface area contributed by atoms with Crippen LogP contribution in [0.3, 0.4) is 0 Å². The van der Waals surface area contributed by atoms with Crippen LogP contribution in [0.25, 0.3) is 0 Å². The van der Waals surface area contributed by atoms with Crippen molar-refractivity contribution in [3.8, 4) is 0 Å². The predicted molar refractivity (Wildman–Crippen MR) is 49.4 cm³/mol. The van der Waals surface area contributed by atoms with E-state index in [9.17, 15) is 0 Å². The van der Waals surface area contributed by atoms with E-state index < -0.39 is 0 Å². The molecule has 64 valence electrons. The van der Waals surface area contributed by atoms with Crippen LogP contribution in [0.15, 0.2) is 0 Å². The molecule has 0 aromatic carbocycles. The van der Waals surface area contributed by atoms with Crippen molar-refractivity contribution in [3.05, 3.63) is 0 Å². The van der Waals surface area contributed by atoms with Crippen LogP contribution in [0, 0.1) is 0 Å². The van der Waals surface area contributed by atoms with Crippen LogP contribution in [0.4, 0.5) is 0 Å². The zero-order chi connectivity index (χ0) is 8.57. The quantitative estimate of drug-likeness (QED) is 0.577. The normalized spacial score (nSPS) is 9.60. The SMILES string of the molecule is CCC.CCN(C)C(C)C. The monoisotopic (exact) mass is 145 g/mol. The Labute approximate surface area is 66.4 Å². The van der Waals surface area contributed by atoms with Crippen LogP contribution in [-0.2, 0) is 0 Å². The third-order valence-electron chi connectivity index (χ3n) is 1.38. The van der Waals surface area contributed by atoms with Crippen molar-refractivity contribution in [2.45, 2.75) is 47.1 Å². The van der Waals surface area contributed by atoms with Gasteiger partial charge in [0.1, 0.15) is 0 Å². The van der Waals surface area contributed by atoms with E-state index in [1.165, 1.54) is 6.42 Å². The number of hydrogen-bond donors (Lipinski definition) is 0. The highest BCUT2D eigenvalue weighted by Crippen LogP contribution is 1.89. The Kier molecular flexibility index (Phi) is 11.3. The third kappa shape index (κ3) is 10.9. The predicted octanol–water partition coefficient (Wildman–Crippen LogP) is 2.76. The topological polar surface area (TPSA) is 3.24 Å². The third-order valence-corrected chi connectivity index (χ3v) is 1.38. The first kappa shape index (κ1) is 12.6. The molecule has 0 aromatic heterocycles. The molecule has 0 heterocycles. The Morgan fingerprint density at radius 3 is 1.40 bits per heavy atom. The fourth-order valence-electron chi connectivity index (χ4n) is 0.365. The van der Waals surface area contributed by atoms with Crippen molar-refractivity contribution in [1.82, 2.24) is 4.90 Å². The minimum atomic E-state index is 0.699. The van der Waals surface area contributed by atoms with Crippen molar-refractivity contribution in [2.24, 2.45) is 0 Å². The number of nitrogens with zero attached hydrogens (tertiary/aromatic N) is 1. The number of rotatable bonds is 2. The van der Waals surface area contributed by atoms with Gasteiger partial charge in [0, 0.05) is 6.04 Å². The maximum Gasteiger partial charge on any atom is 0.00354 e. The average Bonchev–Trinajstić information content (AvgIpc) is 1.88. The molecule has 0 fully saturated rings. The summed E-state index contributed by atoms with van der Waals surface area (Å²) < 4.78 is 0. The molecule has 0 aliphatic carbocycles. The second-order valence-corrected chi connectivity index (χ2v) is 2.87. The van der Waals surface area contributed by atoms with Gasteiger partial charge in [0.05, 0.1) is 0 Å². The minimum Gasteiger partial charge on any atom is -0.304 e. The molecule has 0 saturated carbocycles. The highest BCUT2D eigenvalue weighted by Gasteiger charge is 1.95. The molecule has 0 atom stereocenters. The van der Waals surface area contributed by atoms with Crippen LogP contribution in [0.5, 0.6) is 0 Å². The van der Waals surface area contributed by atoms with Gasteiger partial charge in [0.15, 0.2) is 0 Å². The molecule has 0 aromatic rings. The van der Waals surface area contributed by atoms with Crippen LogP contribution in [-0.4, -0.2) is 24.5 Å². The smallest absolute Gasteiger partial charge is 0.00354 e. The molecule has 0 rings (SSSR count). The lowest BCUT2D eigenvalue weighted by molar-refractivity contribution is 0.289. The molecule has 0 spiro atoms. The Morgan fingerprint density at radius 1 is 1.10 bits per heavy atom. The molecule has 0 unspecified atom stereocenters. The second kappa shape index (κ2) is 8.96. The summed E-state index contributed by atoms with van der Waals surface area (Å²) in [4.78, 5) is 2.29. The van der Waals surface area contributed by atoms with Gasteiger partial charge in [-0.1, -0.05) is 27.2 Å². The van der Waals surface area contributed by atoms with Gasteiger partial charge in [0.25, 0.3) is 0 Å². The van der Waals surface area contributed by atoms with E-state index in [0.29, 0.717) is 6.04 Å². The van der Waals surface area contributed by atoms with Gasteiger partial charge in [-0.05, 0) is 27.4 Å². The summed E-state index contributed by atoms with van der Waals surface area (Å²) in [6.07, 6.45) is 1.25. The van der Waals surface area contributed by atoms with Crippen LogP contribution >= 0.6 is 0 Å². The first-order chi connectivity index (χ1) is 4.59. The van der Waals surface area contributed by atoms with Gasteiger partial charge < -0.3 is 4.90 Å². The Hall–Kier alpha value is -0.0400. The van der Waals surface area contributed by atoms with Crippen LogP contribution in [0.1, 0.15) is 41.0 Å². The first-order valence-electron chi connectivity index (χ1n) is 4.30. The van der Waals surface area contributed by atoms with Gasteiger partial charge in [-0.3, -0.25) is 0 Å². The van der Waals surface area contributed by atoms with Crippen molar-refractivity contribution >= 4 is 0 Å². The highest BCUT2D eigenvalue weighted by atomic mass is 15.1. The van der Waals surface area contributed by atoms with E-state index in [0.717, 1.165) is 6.54 Å². The molecule has 0 saturated heterocycles. The summed E-state index contributed by atoms with van der Waals surface area (Å²) in [5, 5.41) is 0. The molecule has 0 radical (unpaired) electrons. The van der Waals surface area contributed by atoms with Crippen LogP contribution < -0.4 is 0 Å². The molecule has 0 bridgehead atoms. The molecular weight excluding hydrogens is 122 g/mol. The van der Waals surface area contributed by atoms with Crippen molar-refractivity contribution < 1.29 is 0 Å². The van der Waals surface area contributed by atoms with Gasteiger partial charge in [0.2, 0.25) is 0 Å². The standard InChI is InChI=1S/C6H15N.C3H8/c1-5-7(4)6(2)3;1-3-2/h6H,5H2,1-4H3;3H2,1-2H3. The largest absolute Gasteiger partial charge is 0.304 e. The van der Waals surface area contributed by atoms with E-state index in [-0.39, 0.29) is 0 Å². The molecule has 0 amide bonds. The summed E-state index contributed by atoms with van der Waals surface area (Å²) in [6.45, 7) is 12.0. The molecule has 10 heavy (non-hydrogen) atoms. The van der Waals surface area contributed by atoms with E-state index in [4.69, 9.17) is 0 Å². The second-order valence-electron chi connectivity index (χ2n) is 2.87. The zero-order valence-corrected chi connectivity index (χ0v) is 8.44. The fraction of sp³-hybridized carbons (Fsp3) is 1.00. The van der Waals surface area contributed by atoms with E-state index in [1.807, 2.05) is 0 Å². The van der Waals surface area contributed by atoms with Gasteiger partial charge in [-0.15, -0.1) is 0 Å². The van der Waals surface area contributed by atoms with Crippen molar-refractivity contribution in [2.75, 3.05) is 13.6 Å². The Balaban J connectivity index is 0. The first-order valence-corrected chi connectivity index (χ1v) is 4.30. The van der Waals surface area contributed by atoms with Crippen LogP contribution in [0.2, 0.25) is 0 Å². The van der Waals surface area contributed by atoms with Gasteiger partial charge in [-0.2, -0.15) is 0 Å². The summed E-state index contributed by atoms with van der Waals surface area (Å²) in [5.41, 5.74) is 0. The maximum atomic E-state index is 2.29. The maximum absolute atomic E-state index is 2.29. The van der Waals surface area contributed by atoms with E-state index in [2.05, 4.69) is 46.6 Å². The summed E-state index contributed by atoms with van der Waals surface area (Å²) >= 11 is 0. The Morgan fingerprint density at radius 2 is 1.40 bits per heavy atom. The zero-order valence-electron chi connectivity index (χ0n) is 8.44. The molecule has 1 nitrogen and oxygen atoms in total. The lowest BCUT2D eigenvalue weighted by atomic mass is 10.3. The van der Waals surface area contributed by atoms with Crippen molar-refractivity contribution in [3.63, 3.8) is 0 Å². The lowest BCUT2D eigenvalue weighted by Gasteiger charge is -2.17. The molecule has 0 aliphatic heterocycles. The van der Waals surface area contributed by atoms with E-state index >= 15 is 0 Å². The minimum absolute atomic E-state index is 0.699. The van der Waals surface area contributed by atoms with Gasteiger partial charge in [-0.25, -0.2) is 0 Å². The van der Waals surface area contributed by atoms with Gasteiger partial charge >= 0.3 is 0 Å². The average molecular weight is 145 g/mol. The summed E-state index contributed by atoms with van der Waals surface area (Å²) in [7, 11) is 2.13. The summed E-state index contributed by atoms with van der Waals surface area (Å²) in [5.74, 6) is 0. The highest BCUT2D eigenvalue weighted by molar-refractivity contribution is 4.51. The summed E-state index contributed by atoms with van der Waals surface area (Å²) in [6, 6.07) is 0.699. The number of hydrogen-bond acceptors (Lipinski definition) is 1. The molecule has 1 heteroatoms. The van der Waals surface area contributed by atoms with E-state index in [1.54, 1.807) is 0 Å². The fourth-order valence-corrected chi connectivity index (χ4v) is 0.365. The molecule has 0 N–H and O–H groups in total. The molecular formula is C9H23N. The lowest BCUT2D eigenvalue weighted by Crippen LogP contribution is -2.25. The Bertz CT molecular complexity index is 50.7.